The van der Waals surface area contributed by atoms with Crippen LogP contribution >= 0.6 is 23.1 Å². The lowest BCUT2D eigenvalue weighted by molar-refractivity contribution is 0.0555. The van der Waals surface area contributed by atoms with E-state index >= 15 is 0 Å². The minimum atomic E-state index is -0.500. The van der Waals surface area contributed by atoms with Gasteiger partial charge < -0.3 is 14.5 Å². The van der Waals surface area contributed by atoms with Crippen molar-refractivity contribution in [2.45, 2.75) is 23.2 Å². The van der Waals surface area contributed by atoms with E-state index in [0.717, 1.165) is 17.1 Å². The molecule has 0 unspecified atom stereocenters. The Labute approximate surface area is 132 Å². The van der Waals surface area contributed by atoms with E-state index in [-0.39, 0.29) is 12.0 Å². The minimum absolute atomic E-state index is 0.0467. The van der Waals surface area contributed by atoms with Crippen LogP contribution in [-0.4, -0.2) is 59.8 Å². The van der Waals surface area contributed by atoms with E-state index in [1.165, 1.54) is 15.5 Å². The fraction of sp³-hybridized carbons (Fsp3) is 0.571. The van der Waals surface area contributed by atoms with Gasteiger partial charge in [0.05, 0.1) is 22.2 Å². The number of likely N-dealkylation sites (N-methyl/N-ethyl adjacent to an activating group) is 1. The van der Waals surface area contributed by atoms with Gasteiger partial charge in [-0.05, 0) is 17.9 Å². The maximum absolute atomic E-state index is 12.5. The van der Waals surface area contributed by atoms with Gasteiger partial charge in [0.15, 0.2) is 5.60 Å². The molecular weight excluding hydrogens is 308 g/mol. The molecule has 3 heterocycles. The third kappa shape index (κ3) is 2.76. The second-order valence-corrected chi connectivity index (χ2v) is 8.08. The molecule has 0 N–H and O–H groups in total. The SMILES string of the molecule is CCSc1ccc(C(=O)N2CC[C@@]3(CN(C)C(=O)O3)C2)s1. The van der Waals surface area contributed by atoms with E-state index in [1.807, 2.05) is 12.1 Å². The maximum atomic E-state index is 12.5. The van der Waals surface area contributed by atoms with E-state index in [4.69, 9.17) is 4.74 Å². The number of carbonyl (C=O) groups is 2. The van der Waals surface area contributed by atoms with E-state index < -0.39 is 5.60 Å². The van der Waals surface area contributed by atoms with Crippen molar-refractivity contribution < 1.29 is 14.3 Å². The van der Waals surface area contributed by atoms with Crippen molar-refractivity contribution in [2.24, 2.45) is 0 Å². The molecule has 2 aliphatic rings. The fourth-order valence-electron chi connectivity index (χ4n) is 2.83. The normalized spacial score (nSPS) is 25.0. The highest BCUT2D eigenvalue weighted by Gasteiger charge is 2.49. The molecule has 7 heteroatoms. The van der Waals surface area contributed by atoms with E-state index in [0.29, 0.717) is 19.6 Å². The van der Waals surface area contributed by atoms with Crippen molar-refractivity contribution in [2.75, 3.05) is 32.4 Å². The second-order valence-electron chi connectivity index (χ2n) is 5.44. The molecule has 0 aliphatic carbocycles. The van der Waals surface area contributed by atoms with Crippen molar-refractivity contribution in [1.82, 2.24) is 9.80 Å². The Morgan fingerprint density at radius 2 is 2.29 bits per heavy atom. The van der Waals surface area contributed by atoms with Crippen molar-refractivity contribution in [3.05, 3.63) is 17.0 Å². The third-order valence-corrected chi connectivity index (χ3v) is 6.00. The summed E-state index contributed by atoms with van der Waals surface area (Å²) < 4.78 is 6.64. The Balaban J connectivity index is 1.68. The molecule has 2 fully saturated rings. The Hall–Kier alpha value is -1.21. The molecule has 2 aliphatic heterocycles. The summed E-state index contributed by atoms with van der Waals surface area (Å²) in [5.74, 6) is 1.05. The molecule has 2 saturated heterocycles. The van der Waals surface area contributed by atoms with Gasteiger partial charge in [-0.3, -0.25) is 4.79 Å². The Morgan fingerprint density at radius 1 is 1.48 bits per heavy atom. The molecule has 114 valence electrons. The summed E-state index contributed by atoms with van der Waals surface area (Å²) in [5.41, 5.74) is -0.500. The monoisotopic (exact) mass is 326 g/mol. The molecule has 0 saturated carbocycles. The molecule has 1 spiro atoms. The van der Waals surface area contributed by atoms with Gasteiger partial charge in [0.2, 0.25) is 0 Å². The van der Waals surface area contributed by atoms with Crippen LogP contribution in [0.3, 0.4) is 0 Å². The Bertz CT molecular complexity index is 574. The van der Waals surface area contributed by atoms with Gasteiger partial charge in [-0.1, -0.05) is 6.92 Å². The largest absolute Gasteiger partial charge is 0.439 e. The van der Waals surface area contributed by atoms with Gasteiger partial charge in [-0.25, -0.2) is 4.79 Å². The molecule has 2 amide bonds. The zero-order valence-corrected chi connectivity index (χ0v) is 13.8. The smallest absolute Gasteiger partial charge is 0.410 e. The molecular formula is C14H18N2O3S2. The van der Waals surface area contributed by atoms with Crippen LogP contribution in [0.4, 0.5) is 4.79 Å². The maximum Gasteiger partial charge on any atom is 0.410 e. The van der Waals surface area contributed by atoms with Crippen LogP contribution in [0.1, 0.15) is 23.0 Å². The first kappa shape index (κ1) is 14.7. The summed E-state index contributed by atoms with van der Waals surface area (Å²) in [5, 5.41) is 0. The topological polar surface area (TPSA) is 49.9 Å². The summed E-state index contributed by atoms with van der Waals surface area (Å²) in [6.45, 7) is 3.81. The quantitative estimate of drug-likeness (QED) is 0.801. The average Bonchev–Trinajstić information content (AvgIpc) is 3.12. The number of likely N-dealkylation sites (tertiary alicyclic amines) is 1. The first-order chi connectivity index (χ1) is 10.0. The molecule has 21 heavy (non-hydrogen) atoms. The first-order valence-electron chi connectivity index (χ1n) is 6.99. The van der Waals surface area contributed by atoms with Gasteiger partial charge in [-0.15, -0.1) is 23.1 Å². The summed E-state index contributed by atoms with van der Waals surface area (Å²) in [6.07, 6.45) is 0.429. The number of rotatable bonds is 3. The highest BCUT2D eigenvalue weighted by atomic mass is 32.2. The van der Waals surface area contributed by atoms with Gasteiger partial charge in [0, 0.05) is 20.0 Å². The van der Waals surface area contributed by atoms with Crippen LogP contribution in [0, 0.1) is 0 Å². The molecule has 1 atom stereocenters. The molecule has 5 nitrogen and oxygen atoms in total. The number of amides is 2. The predicted molar refractivity (Wildman–Crippen MR) is 83.1 cm³/mol. The van der Waals surface area contributed by atoms with Gasteiger partial charge in [0.25, 0.3) is 5.91 Å². The van der Waals surface area contributed by atoms with Crippen LogP contribution in [0.5, 0.6) is 0 Å². The zero-order chi connectivity index (χ0) is 15.0. The Kier molecular flexibility index (Phi) is 3.88. The first-order valence-corrected chi connectivity index (χ1v) is 8.79. The van der Waals surface area contributed by atoms with E-state index in [2.05, 4.69) is 6.92 Å². The van der Waals surface area contributed by atoms with Crippen LogP contribution < -0.4 is 0 Å². The number of ether oxygens (including phenoxy) is 1. The highest BCUT2D eigenvalue weighted by molar-refractivity contribution is 8.01. The predicted octanol–water partition coefficient (Wildman–Crippen LogP) is 2.53. The molecule has 0 radical (unpaired) electrons. The fourth-order valence-corrected chi connectivity index (χ4v) is 4.85. The summed E-state index contributed by atoms with van der Waals surface area (Å²) in [7, 11) is 1.73. The van der Waals surface area contributed by atoms with Gasteiger partial charge in [-0.2, -0.15) is 0 Å². The lowest BCUT2D eigenvalue weighted by Gasteiger charge is -2.21. The number of hydrogen-bond acceptors (Lipinski definition) is 5. The van der Waals surface area contributed by atoms with Crippen molar-refractivity contribution in [1.29, 1.82) is 0 Å². The van der Waals surface area contributed by atoms with Crippen molar-refractivity contribution >= 4 is 35.1 Å². The van der Waals surface area contributed by atoms with Crippen molar-refractivity contribution in [3.8, 4) is 0 Å². The summed E-state index contributed by atoms with van der Waals surface area (Å²) in [6, 6.07) is 3.89. The molecule has 1 aromatic rings. The standard InChI is InChI=1S/C14H18N2O3S2/c1-3-20-11-5-4-10(21-11)12(17)16-7-6-14(9-16)8-15(2)13(18)19-14/h4-5H,3,6-9H2,1-2H3/t14-/m1/s1. The number of nitrogens with zero attached hydrogens (tertiary/aromatic N) is 2. The molecule has 0 bridgehead atoms. The van der Waals surface area contributed by atoms with E-state index in [9.17, 15) is 9.59 Å². The van der Waals surface area contributed by atoms with Gasteiger partial charge >= 0.3 is 6.09 Å². The van der Waals surface area contributed by atoms with Crippen LogP contribution in [0.25, 0.3) is 0 Å². The van der Waals surface area contributed by atoms with Crippen LogP contribution in [0.15, 0.2) is 16.3 Å². The number of carbonyl (C=O) groups excluding carboxylic acids is 2. The number of hydrogen-bond donors (Lipinski definition) is 0. The number of thiophene rings is 1. The third-order valence-electron chi connectivity index (χ3n) is 3.82. The van der Waals surface area contributed by atoms with E-state index in [1.54, 1.807) is 28.6 Å². The Morgan fingerprint density at radius 3 is 2.95 bits per heavy atom. The lowest BCUT2D eigenvalue weighted by atomic mass is 10.0. The second kappa shape index (κ2) is 5.53. The van der Waals surface area contributed by atoms with Crippen LogP contribution in [-0.2, 0) is 4.74 Å². The molecule has 0 aromatic carbocycles. The number of thioether (sulfide) groups is 1. The average molecular weight is 326 g/mol. The molecule has 1 aromatic heterocycles. The summed E-state index contributed by atoms with van der Waals surface area (Å²) >= 11 is 3.29. The summed E-state index contributed by atoms with van der Waals surface area (Å²) in [4.78, 5) is 28.2. The molecule has 3 rings (SSSR count). The lowest BCUT2D eigenvalue weighted by Crippen LogP contribution is -2.38. The minimum Gasteiger partial charge on any atom is -0.439 e. The highest BCUT2D eigenvalue weighted by Crippen LogP contribution is 2.34. The van der Waals surface area contributed by atoms with Gasteiger partial charge in [0.1, 0.15) is 0 Å². The van der Waals surface area contributed by atoms with Crippen molar-refractivity contribution in [3.63, 3.8) is 0 Å². The zero-order valence-electron chi connectivity index (χ0n) is 12.1. The van der Waals surface area contributed by atoms with Crippen LogP contribution in [0.2, 0.25) is 0 Å².